The smallest absolute Gasteiger partial charge is 0.269 e. The lowest BCUT2D eigenvalue weighted by Crippen LogP contribution is -2.30. The maximum Gasteiger partial charge on any atom is 0.269 e. The zero-order valence-electron chi connectivity index (χ0n) is 17.2. The van der Waals surface area contributed by atoms with E-state index in [1.54, 1.807) is 12.1 Å². The SMILES string of the molecule is Cc1ccc(CCNS(=O)(=O)c2ccc(Cl)cc2)c(S(=O)C(C)C(=O)Nc2nn[nH]n2)c1. The summed E-state index contributed by atoms with van der Waals surface area (Å²) in [5.41, 5.74) is 1.54. The number of sulfonamides is 1. The van der Waals surface area contributed by atoms with E-state index >= 15 is 0 Å². The summed E-state index contributed by atoms with van der Waals surface area (Å²) in [5.74, 6) is -0.541. The molecule has 1 aromatic heterocycles. The van der Waals surface area contributed by atoms with Gasteiger partial charge >= 0.3 is 0 Å². The predicted octanol–water partition coefficient (Wildman–Crippen LogP) is 1.82. The summed E-state index contributed by atoms with van der Waals surface area (Å²) >= 11 is 5.81. The molecule has 0 radical (unpaired) electrons. The zero-order valence-corrected chi connectivity index (χ0v) is 19.6. The number of benzene rings is 2. The van der Waals surface area contributed by atoms with Gasteiger partial charge in [0.05, 0.1) is 15.7 Å². The molecule has 3 aromatic rings. The van der Waals surface area contributed by atoms with Crippen LogP contribution < -0.4 is 10.0 Å². The van der Waals surface area contributed by atoms with Gasteiger partial charge in [0.15, 0.2) is 0 Å². The molecule has 0 saturated carbocycles. The van der Waals surface area contributed by atoms with Crippen LogP contribution in [0.2, 0.25) is 5.02 Å². The second kappa shape index (κ2) is 10.3. The number of anilines is 1. The number of aryl methyl sites for hydroxylation is 1. The average molecular weight is 497 g/mol. The van der Waals surface area contributed by atoms with Gasteiger partial charge in [0.2, 0.25) is 15.9 Å². The third-order valence-corrected chi connectivity index (χ3v) is 7.92. The third kappa shape index (κ3) is 5.97. The summed E-state index contributed by atoms with van der Waals surface area (Å²) in [7, 11) is -5.41. The molecule has 0 aliphatic carbocycles. The Morgan fingerprint density at radius 1 is 1.22 bits per heavy atom. The van der Waals surface area contributed by atoms with Crippen LogP contribution in [-0.4, -0.2) is 51.0 Å². The molecule has 3 N–H and O–H groups in total. The van der Waals surface area contributed by atoms with Gasteiger partial charge in [-0.15, -0.1) is 5.10 Å². The lowest BCUT2D eigenvalue weighted by atomic mass is 10.1. The number of hydrogen-bond donors (Lipinski definition) is 3. The molecule has 170 valence electrons. The van der Waals surface area contributed by atoms with Crippen molar-refractivity contribution in [3.63, 3.8) is 0 Å². The Morgan fingerprint density at radius 2 is 1.94 bits per heavy atom. The first kappa shape index (κ1) is 24.0. The fraction of sp³-hybridized carbons (Fsp3) is 0.263. The molecule has 3 rings (SSSR count). The Labute approximate surface area is 192 Å². The number of aromatic amines is 1. The molecule has 0 fully saturated rings. The maximum absolute atomic E-state index is 13.1. The molecule has 2 aromatic carbocycles. The number of nitrogens with zero attached hydrogens (tertiary/aromatic N) is 3. The van der Waals surface area contributed by atoms with Gasteiger partial charge in [-0.05, 0) is 66.9 Å². The average Bonchev–Trinajstić information content (AvgIpc) is 3.27. The molecule has 0 bridgehead atoms. The summed E-state index contributed by atoms with van der Waals surface area (Å²) < 4.78 is 40.6. The topological polar surface area (TPSA) is 147 Å². The van der Waals surface area contributed by atoms with Crippen LogP contribution in [0.5, 0.6) is 0 Å². The van der Waals surface area contributed by atoms with Gasteiger partial charge in [0.1, 0.15) is 5.25 Å². The molecule has 0 aliphatic rings. The van der Waals surface area contributed by atoms with Crippen molar-refractivity contribution in [1.82, 2.24) is 25.3 Å². The zero-order chi connectivity index (χ0) is 23.3. The van der Waals surface area contributed by atoms with Gasteiger partial charge in [-0.1, -0.05) is 28.8 Å². The van der Waals surface area contributed by atoms with Crippen LogP contribution in [0, 0.1) is 6.92 Å². The van der Waals surface area contributed by atoms with E-state index in [4.69, 9.17) is 11.6 Å². The number of aromatic nitrogens is 4. The highest BCUT2D eigenvalue weighted by atomic mass is 35.5. The normalized spacial score (nSPS) is 13.5. The highest BCUT2D eigenvalue weighted by molar-refractivity contribution is 7.89. The molecule has 0 spiro atoms. The highest BCUT2D eigenvalue weighted by Crippen LogP contribution is 2.21. The molecule has 2 unspecified atom stereocenters. The quantitative estimate of drug-likeness (QED) is 0.409. The third-order valence-electron chi connectivity index (χ3n) is 4.52. The Morgan fingerprint density at radius 3 is 2.59 bits per heavy atom. The monoisotopic (exact) mass is 496 g/mol. The Hall–Kier alpha value is -2.67. The standard InChI is InChI=1S/C19H21ClN6O4S2/c1-12-3-4-14(9-10-21-32(29,30)16-7-5-15(20)6-8-16)17(11-12)31(28)13(2)18(27)22-19-23-25-26-24-19/h3-8,11,13,21H,9-10H2,1-2H3,(H2,22,23,24,25,26,27). The van der Waals surface area contributed by atoms with E-state index in [0.717, 1.165) is 5.56 Å². The van der Waals surface area contributed by atoms with E-state index in [1.165, 1.54) is 31.2 Å². The van der Waals surface area contributed by atoms with Crippen molar-refractivity contribution >= 4 is 44.3 Å². The summed E-state index contributed by atoms with van der Waals surface area (Å²) in [4.78, 5) is 13.0. The summed E-state index contributed by atoms with van der Waals surface area (Å²) in [6, 6.07) is 11.2. The van der Waals surface area contributed by atoms with Gasteiger partial charge < -0.3 is 0 Å². The number of amides is 1. The highest BCUT2D eigenvalue weighted by Gasteiger charge is 2.25. The molecule has 10 nitrogen and oxygen atoms in total. The minimum atomic E-state index is -3.72. The minimum absolute atomic E-state index is 0.0140. The summed E-state index contributed by atoms with van der Waals surface area (Å²) in [5, 5.41) is 14.8. The van der Waals surface area contributed by atoms with Crippen molar-refractivity contribution in [3.8, 4) is 0 Å². The van der Waals surface area contributed by atoms with Crippen LogP contribution in [0.15, 0.2) is 52.3 Å². The lowest BCUT2D eigenvalue weighted by molar-refractivity contribution is -0.115. The second-order valence-corrected chi connectivity index (χ2v) is 10.8. The van der Waals surface area contributed by atoms with Gasteiger partial charge in [-0.25, -0.2) is 13.1 Å². The summed E-state index contributed by atoms with van der Waals surface area (Å²) in [6.45, 7) is 3.46. The van der Waals surface area contributed by atoms with Crippen LogP contribution in [0.25, 0.3) is 0 Å². The van der Waals surface area contributed by atoms with Gasteiger partial charge in [-0.3, -0.25) is 14.3 Å². The fourth-order valence-corrected chi connectivity index (χ4v) is 5.31. The maximum atomic E-state index is 13.1. The van der Waals surface area contributed by atoms with E-state index in [-0.39, 0.29) is 23.8 Å². The number of halogens is 1. The number of nitrogens with one attached hydrogen (secondary N) is 3. The van der Waals surface area contributed by atoms with Crippen molar-refractivity contribution in [1.29, 1.82) is 0 Å². The molecule has 0 saturated heterocycles. The Balaban J connectivity index is 1.71. The van der Waals surface area contributed by atoms with Gasteiger partial charge in [-0.2, -0.15) is 5.21 Å². The van der Waals surface area contributed by atoms with Crippen molar-refractivity contribution < 1.29 is 17.4 Å². The number of hydrogen-bond acceptors (Lipinski definition) is 7. The minimum Gasteiger partial charge on any atom is -0.291 e. The summed E-state index contributed by atoms with van der Waals surface area (Å²) in [6.07, 6.45) is 0.285. The Bertz CT molecular complexity index is 1220. The molecule has 32 heavy (non-hydrogen) atoms. The second-order valence-electron chi connectivity index (χ2n) is 6.88. The van der Waals surface area contributed by atoms with E-state index in [9.17, 15) is 17.4 Å². The number of carbonyl (C=O) groups is 1. The number of tetrazole rings is 1. The molecular weight excluding hydrogens is 476 g/mol. The molecule has 0 aliphatic heterocycles. The van der Waals surface area contributed by atoms with E-state index in [1.807, 2.05) is 13.0 Å². The molecule has 13 heteroatoms. The first-order valence-electron chi connectivity index (χ1n) is 9.47. The first-order chi connectivity index (χ1) is 15.2. The first-order valence-corrected chi connectivity index (χ1v) is 12.5. The largest absolute Gasteiger partial charge is 0.291 e. The van der Waals surface area contributed by atoms with Crippen LogP contribution in [-0.2, 0) is 32.0 Å². The van der Waals surface area contributed by atoms with Gasteiger partial charge in [0.25, 0.3) is 5.95 Å². The van der Waals surface area contributed by atoms with Gasteiger partial charge in [0, 0.05) is 16.5 Å². The number of H-pyrrole nitrogens is 1. The number of carbonyl (C=O) groups excluding carboxylic acids is 1. The van der Waals surface area contributed by atoms with Crippen LogP contribution in [0.3, 0.4) is 0 Å². The van der Waals surface area contributed by atoms with Crippen LogP contribution >= 0.6 is 11.6 Å². The van der Waals surface area contributed by atoms with Crippen molar-refractivity contribution in [2.75, 3.05) is 11.9 Å². The molecule has 1 amide bonds. The fourth-order valence-electron chi connectivity index (χ4n) is 2.79. The van der Waals surface area contributed by atoms with Crippen molar-refractivity contribution in [3.05, 3.63) is 58.6 Å². The van der Waals surface area contributed by atoms with Crippen LogP contribution in [0.1, 0.15) is 18.1 Å². The Kier molecular flexibility index (Phi) is 7.72. The predicted molar refractivity (Wildman–Crippen MR) is 120 cm³/mol. The van der Waals surface area contributed by atoms with Crippen molar-refractivity contribution in [2.45, 2.75) is 35.3 Å². The van der Waals surface area contributed by atoms with Crippen LogP contribution in [0.4, 0.5) is 5.95 Å². The van der Waals surface area contributed by atoms with Crippen molar-refractivity contribution in [2.24, 2.45) is 0 Å². The number of rotatable bonds is 9. The molecule has 2 atom stereocenters. The van der Waals surface area contributed by atoms with E-state index < -0.39 is 32.0 Å². The van der Waals surface area contributed by atoms with E-state index in [0.29, 0.717) is 15.5 Å². The lowest BCUT2D eigenvalue weighted by Gasteiger charge is -2.15. The molecule has 1 heterocycles. The van der Waals surface area contributed by atoms with E-state index in [2.05, 4.69) is 30.7 Å². The molecular formula is C19H21ClN6O4S2.